The maximum Gasteiger partial charge on any atom is 0.326 e. The monoisotopic (exact) mass is 488 g/mol. The van der Waals surface area contributed by atoms with Crippen molar-refractivity contribution >= 4 is 41.5 Å². The molecular weight excluding hydrogens is 456 g/mol. The summed E-state index contributed by atoms with van der Waals surface area (Å²) in [6.07, 6.45) is -2.32. The third-order valence-corrected chi connectivity index (χ3v) is 4.63. The maximum absolute atomic E-state index is 12.8. The standard InChI is InChI=1S/C19H32N6O9/c1-8(2)15(22)18(32)23-9(3-5-12(20)26)16(30)25-11(7-13(21)27)17(31)24-10(19(33)34)4-6-14(28)29/h8-11,15H,3-7,22H2,1-2H3,(H2,20,26)(H2,21,27)(H,23,32)(H,24,31)(H,25,30)(H,28,29)(H,33,34). The molecule has 15 nitrogen and oxygen atoms in total. The van der Waals surface area contributed by atoms with E-state index in [-0.39, 0.29) is 18.8 Å². The Morgan fingerprint density at radius 3 is 1.62 bits per heavy atom. The van der Waals surface area contributed by atoms with Crippen LogP contribution in [0.5, 0.6) is 0 Å². The number of carbonyl (C=O) groups is 7. The molecule has 0 radical (unpaired) electrons. The minimum absolute atomic E-state index is 0.251. The predicted molar refractivity (Wildman–Crippen MR) is 115 cm³/mol. The topological polar surface area (TPSA) is 274 Å². The van der Waals surface area contributed by atoms with E-state index in [4.69, 9.17) is 22.3 Å². The lowest BCUT2D eigenvalue weighted by Gasteiger charge is -2.25. The van der Waals surface area contributed by atoms with Crippen molar-refractivity contribution in [3.05, 3.63) is 0 Å². The van der Waals surface area contributed by atoms with Crippen LogP contribution in [0.4, 0.5) is 0 Å². The average Bonchev–Trinajstić information content (AvgIpc) is 2.71. The van der Waals surface area contributed by atoms with Gasteiger partial charge in [0.15, 0.2) is 0 Å². The first kappa shape index (κ1) is 30.2. The summed E-state index contributed by atoms with van der Waals surface area (Å²) < 4.78 is 0. The minimum Gasteiger partial charge on any atom is -0.481 e. The highest BCUT2D eigenvalue weighted by Gasteiger charge is 2.31. The van der Waals surface area contributed by atoms with Crippen LogP contribution in [0.3, 0.4) is 0 Å². The molecule has 0 rings (SSSR count). The molecule has 0 aliphatic heterocycles. The molecule has 34 heavy (non-hydrogen) atoms. The summed E-state index contributed by atoms with van der Waals surface area (Å²) in [5, 5.41) is 24.5. The summed E-state index contributed by atoms with van der Waals surface area (Å²) in [6, 6.07) is -5.62. The number of hydrogen-bond acceptors (Lipinski definition) is 8. The molecule has 11 N–H and O–H groups in total. The van der Waals surface area contributed by atoms with Gasteiger partial charge in [-0.25, -0.2) is 4.79 Å². The van der Waals surface area contributed by atoms with E-state index in [0.717, 1.165) is 0 Å². The predicted octanol–water partition coefficient (Wildman–Crippen LogP) is -3.49. The van der Waals surface area contributed by atoms with Crippen molar-refractivity contribution in [1.29, 1.82) is 0 Å². The summed E-state index contributed by atoms with van der Waals surface area (Å²) in [7, 11) is 0. The number of carbonyl (C=O) groups excluding carboxylic acids is 5. The molecular formula is C19H32N6O9. The van der Waals surface area contributed by atoms with E-state index in [1.807, 2.05) is 5.32 Å². The summed E-state index contributed by atoms with van der Waals surface area (Å²) in [5.41, 5.74) is 16.0. The fourth-order valence-electron chi connectivity index (χ4n) is 2.61. The van der Waals surface area contributed by atoms with Gasteiger partial charge in [-0.05, 0) is 18.8 Å². The van der Waals surface area contributed by atoms with E-state index >= 15 is 0 Å². The first-order valence-electron chi connectivity index (χ1n) is 10.3. The third kappa shape index (κ3) is 11.8. The zero-order valence-electron chi connectivity index (χ0n) is 18.9. The van der Waals surface area contributed by atoms with Gasteiger partial charge in [0.2, 0.25) is 29.5 Å². The summed E-state index contributed by atoms with van der Waals surface area (Å²) in [6.45, 7) is 3.33. The summed E-state index contributed by atoms with van der Waals surface area (Å²) in [4.78, 5) is 82.2. The molecule has 0 saturated carbocycles. The van der Waals surface area contributed by atoms with Crippen LogP contribution in [0.25, 0.3) is 0 Å². The zero-order chi connectivity index (χ0) is 26.6. The lowest BCUT2D eigenvalue weighted by Crippen LogP contribution is -2.58. The zero-order valence-corrected chi connectivity index (χ0v) is 18.9. The summed E-state index contributed by atoms with van der Waals surface area (Å²) >= 11 is 0. The average molecular weight is 488 g/mol. The Labute approximate surface area is 195 Å². The minimum atomic E-state index is -1.65. The van der Waals surface area contributed by atoms with Crippen molar-refractivity contribution in [1.82, 2.24) is 16.0 Å². The van der Waals surface area contributed by atoms with Gasteiger partial charge in [0, 0.05) is 12.8 Å². The summed E-state index contributed by atoms with van der Waals surface area (Å²) in [5.74, 6) is -7.72. The van der Waals surface area contributed by atoms with Crippen molar-refractivity contribution in [2.24, 2.45) is 23.1 Å². The van der Waals surface area contributed by atoms with E-state index in [1.165, 1.54) is 0 Å². The van der Waals surface area contributed by atoms with Crippen LogP contribution in [-0.4, -0.2) is 75.9 Å². The van der Waals surface area contributed by atoms with Gasteiger partial charge in [-0.1, -0.05) is 13.8 Å². The smallest absolute Gasteiger partial charge is 0.326 e. The van der Waals surface area contributed by atoms with Gasteiger partial charge in [-0.15, -0.1) is 0 Å². The van der Waals surface area contributed by atoms with Gasteiger partial charge in [0.25, 0.3) is 0 Å². The van der Waals surface area contributed by atoms with Crippen LogP contribution in [0.2, 0.25) is 0 Å². The molecule has 0 saturated heterocycles. The Bertz CT molecular complexity index is 801. The second-order valence-electron chi connectivity index (χ2n) is 7.90. The van der Waals surface area contributed by atoms with Crippen LogP contribution in [0.15, 0.2) is 0 Å². The number of rotatable bonds is 16. The molecule has 0 aliphatic rings. The van der Waals surface area contributed by atoms with E-state index in [2.05, 4.69) is 10.6 Å². The number of nitrogens with two attached hydrogens (primary N) is 3. The van der Waals surface area contributed by atoms with Crippen LogP contribution < -0.4 is 33.2 Å². The first-order chi connectivity index (χ1) is 15.6. The highest BCUT2D eigenvalue weighted by atomic mass is 16.4. The van der Waals surface area contributed by atoms with Crippen molar-refractivity contribution in [2.75, 3.05) is 0 Å². The van der Waals surface area contributed by atoms with Gasteiger partial charge < -0.3 is 43.4 Å². The van der Waals surface area contributed by atoms with Crippen molar-refractivity contribution in [3.8, 4) is 0 Å². The van der Waals surface area contributed by atoms with Gasteiger partial charge in [-0.2, -0.15) is 0 Å². The van der Waals surface area contributed by atoms with Gasteiger partial charge >= 0.3 is 11.9 Å². The number of aliphatic carboxylic acids is 2. The lowest BCUT2D eigenvalue weighted by atomic mass is 10.0. The van der Waals surface area contributed by atoms with E-state index in [9.17, 15) is 38.7 Å². The van der Waals surface area contributed by atoms with Gasteiger partial charge in [-0.3, -0.25) is 28.8 Å². The van der Waals surface area contributed by atoms with Crippen molar-refractivity contribution in [2.45, 2.75) is 70.1 Å². The van der Waals surface area contributed by atoms with Crippen molar-refractivity contribution in [3.63, 3.8) is 0 Å². The molecule has 0 aromatic rings. The maximum atomic E-state index is 12.8. The van der Waals surface area contributed by atoms with Gasteiger partial charge in [0.1, 0.15) is 18.1 Å². The SMILES string of the molecule is CC(C)C(N)C(=O)NC(CCC(N)=O)C(=O)NC(CC(N)=O)C(=O)NC(CCC(=O)O)C(=O)O. The molecule has 15 heteroatoms. The molecule has 0 aromatic carbocycles. The van der Waals surface area contributed by atoms with E-state index in [0.29, 0.717) is 0 Å². The molecule has 5 amide bonds. The molecule has 0 bridgehead atoms. The van der Waals surface area contributed by atoms with Crippen LogP contribution in [-0.2, 0) is 33.6 Å². The Balaban J connectivity index is 5.59. The lowest BCUT2D eigenvalue weighted by molar-refractivity contribution is -0.143. The second kappa shape index (κ2) is 14.4. The fourth-order valence-corrected chi connectivity index (χ4v) is 2.61. The fraction of sp³-hybridized carbons (Fsp3) is 0.632. The van der Waals surface area contributed by atoms with E-state index in [1.54, 1.807) is 13.8 Å². The van der Waals surface area contributed by atoms with Crippen molar-refractivity contribution < 1.29 is 43.8 Å². The van der Waals surface area contributed by atoms with E-state index < -0.39 is 84.9 Å². The number of carboxylic acid groups (broad SMARTS) is 2. The van der Waals surface area contributed by atoms with Crippen LogP contribution >= 0.6 is 0 Å². The first-order valence-corrected chi connectivity index (χ1v) is 10.3. The molecule has 4 atom stereocenters. The molecule has 4 unspecified atom stereocenters. The largest absolute Gasteiger partial charge is 0.481 e. The number of amides is 5. The Kier molecular flexibility index (Phi) is 12.8. The second-order valence-corrected chi connectivity index (χ2v) is 7.90. The quantitative estimate of drug-likeness (QED) is 0.106. The molecule has 192 valence electrons. The Hall–Kier alpha value is -3.75. The molecule has 0 heterocycles. The normalized spacial score (nSPS) is 14.2. The molecule has 0 fully saturated rings. The Morgan fingerprint density at radius 1 is 0.706 bits per heavy atom. The molecule has 0 aliphatic carbocycles. The molecule has 0 aromatic heterocycles. The number of nitrogens with one attached hydrogen (secondary N) is 3. The van der Waals surface area contributed by atoms with Crippen LogP contribution in [0, 0.1) is 5.92 Å². The van der Waals surface area contributed by atoms with Crippen LogP contribution in [0.1, 0.15) is 46.0 Å². The van der Waals surface area contributed by atoms with Gasteiger partial charge in [0.05, 0.1) is 12.5 Å². The number of hydrogen-bond donors (Lipinski definition) is 8. The number of carboxylic acids is 2. The highest BCUT2D eigenvalue weighted by Crippen LogP contribution is 2.05. The third-order valence-electron chi connectivity index (χ3n) is 4.63. The number of primary amides is 2. The molecule has 0 spiro atoms. The Morgan fingerprint density at radius 2 is 1.18 bits per heavy atom. The highest BCUT2D eigenvalue weighted by molar-refractivity contribution is 5.96.